The first kappa shape index (κ1) is 20.4. The number of rotatable bonds is 4. The number of thiocarbonyl (C=S) groups is 1. The molecule has 1 fully saturated rings. The Labute approximate surface area is 188 Å². The number of fused-ring (bicyclic) bond motifs is 1. The molecule has 4 rings (SSSR count). The third-order valence-electron chi connectivity index (χ3n) is 4.10. The fraction of sp³-hybridized carbons (Fsp3) is 0.158. The molecule has 2 aromatic rings. The van der Waals surface area contributed by atoms with Crippen molar-refractivity contribution in [2.24, 2.45) is 0 Å². The summed E-state index contributed by atoms with van der Waals surface area (Å²) in [5.74, 6) is 0.862. The van der Waals surface area contributed by atoms with E-state index >= 15 is 0 Å². The summed E-state index contributed by atoms with van der Waals surface area (Å²) in [7, 11) is 0. The molecular formula is C19H16FN2NaO2S2. The van der Waals surface area contributed by atoms with Crippen LogP contribution in [0.5, 0.6) is 5.75 Å². The number of thioether (sulfide) groups is 1. The molecule has 0 spiro atoms. The van der Waals surface area contributed by atoms with Crippen molar-refractivity contribution in [1.82, 2.24) is 0 Å². The van der Waals surface area contributed by atoms with Crippen molar-refractivity contribution in [1.29, 1.82) is 0 Å². The van der Waals surface area contributed by atoms with Gasteiger partial charge in [-0.15, -0.1) is 0 Å². The number of halogens is 1. The minimum absolute atomic E-state index is 0. The van der Waals surface area contributed by atoms with Crippen LogP contribution in [0.1, 0.15) is 6.42 Å². The molecule has 4 nitrogen and oxygen atoms in total. The molecule has 1 saturated heterocycles. The molecule has 0 aliphatic carbocycles. The summed E-state index contributed by atoms with van der Waals surface area (Å²) >= 11 is 6.63. The Balaban J connectivity index is 0.00000210. The van der Waals surface area contributed by atoms with Crippen LogP contribution in [0.2, 0.25) is 0 Å². The summed E-state index contributed by atoms with van der Waals surface area (Å²) in [5.41, 5.74) is 1.55. The summed E-state index contributed by atoms with van der Waals surface area (Å²) in [4.78, 5) is 16.8. The standard InChI is InChI=1S/C19H15FN2O2S2.Na.H/c20-11-6-12-21-14-9-4-5-10-15(14)24-18(21)16-17(23)22(19(25)26-16)13-7-2-1-3-8-13;;/h1-5,7-10H,6,11-12H2;;. The van der Waals surface area contributed by atoms with Gasteiger partial charge in [0.15, 0.2) is 10.1 Å². The molecule has 2 aromatic carbocycles. The molecule has 134 valence electrons. The van der Waals surface area contributed by atoms with E-state index in [2.05, 4.69) is 0 Å². The number of benzene rings is 2. The molecular weight excluding hydrogens is 394 g/mol. The normalized spacial score (nSPS) is 18.4. The quantitative estimate of drug-likeness (QED) is 0.435. The molecule has 1 amide bonds. The maximum atomic E-state index is 13.1. The third-order valence-corrected chi connectivity index (χ3v) is 5.44. The fourth-order valence-electron chi connectivity index (χ4n) is 2.94. The van der Waals surface area contributed by atoms with E-state index in [-0.39, 0.29) is 35.5 Å². The summed E-state index contributed by atoms with van der Waals surface area (Å²) in [6.07, 6.45) is 0.347. The summed E-state index contributed by atoms with van der Waals surface area (Å²) in [6, 6.07) is 16.8. The van der Waals surface area contributed by atoms with E-state index in [4.69, 9.17) is 17.0 Å². The second-order valence-corrected chi connectivity index (χ2v) is 7.39. The van der Waals surface area contributed by atoms with Crippen LogP contribution in [0.15, 0.2) is 65.4 Å². The molecule has 2 aliphatic heterocycles. The number of nitrogens with zero attached hydrogens (tertiary/aromatic N) is 2. The average Bonchev–Trinajstić information content (AvgIpc) is 3.17. The molecule has 0 bridgehead atoms. The van der Waals surface area contributed by atoms with Gasteiger partial charge in [-0.05, 0) is 42.4 Å². The SMILES string of the molecule is O=C1C(=C2Oc3ccccc3N2CCCF)SC(=S)N1c1ccccc1.[NaH]. The van der Waals surface area contributed by atoms with Crippen molar-refractivity contribution in [2.45, 2.75) is 6.42 Å². The van der Waals surface area contributed by atoms with Gasteiger partial charge in [-0.3, -0.25) is 14.1 Å². The van der Waals surface area contributed by atoms with Crippen LogP contribution in [0.4, 0.5) is 15.8 Å². The van der Waals surface area contributed by atoms with E-state index in [1.54, 1.807) is 0 Å². The van der Waals surface area contributed by atoms with Gasteiger partial charge in [0.1, 0.15) is 4.91 Å². The molecule has 8 heteroatoms. The number of para-hydroxylation sites is 3. The van der Waals surface area contributed by atoms with Crippen LogP contribution in [0, 0.1) is 0 Å². The number of hydrogen-bond acceptors (Lipinski definition) is 5. The third kappa shape index (κ3) is 3.79. The topological polar surface area (TPSA) is 32.8 Å². The first-order valence-corrected chi connectivity index (χ1v) is 9.39. The zero-order valence-electron chi connectivity index (χ0n) is 13.7. The van der Waals surface area contributed by atoms with Gasteiger partial charge in [-0.25, -0.2) is 0 Å². The molecule has 0 radical (unpaired) electrons. The zero-order chi connectivity index (χ0) is 18.1. The van der Waals surface area contributed by atoms with Gasteiger partial charge in [0.05, 0.1) is 18.0 Å². The maximum absolute atomic E-state index is 13.1. The van der Waals surface area contributed by atoms with Gasteiger partial charge in [0.25, 0.3) is 5.91 Å². The molecule has 2 heterocycles. The van der Waals surface area contributed by atoms with Gasteiger partial charge >= 0.3 is 29.6 Å². The van der Waals surface area contributed by atoms with E-state index in [1.165, 1.54) is 16.7 Å². The van der Waals surface area contributed by atoms with Gasteiger partial charge in [0, 0.05) is 6.54 Å². The Bertz CT molecular complexity index is 908. The second kappa shape index (κ2) is 8.75. The van der Waals surface area contributed by atoms with Gasteiger partial charge in [0.2, 0.25) is 5.88 Å². The predicted octanol–water partition coefficient (Wildman–Crippen LogP) is 3.83. The molecule has 0 unspecified atom stereocenters. The van der Waals surface area contributed by atoms with Crippen molar-refractivity contribution in [3.63, 3.8) is 0 Å². The van der Waals surface area contributed by atoms with Crippen LogP contribution in [0.25, 0.3) is 0 Å². The Hall–Kier alpha value is -1.38. The number of anilines is 2. The molecule has 2 aliphatic rings. The number of alkyl halides is 1. The van der Waals surface area contributed by atoms with Gasteiger partial charge in [-0.1, -0.05) is 42.5 Å². The Morgan fingerprint density at radius 1 is 1.07 bits per heavy atom. The number of ether oxygens (including phenoxy) is 1. The predicted molar refractivity (Wildman–Crippen MR) is 113 cm³/mol. The second-order valence-electron chi connectivity index (χ2n) is 5.74. The van der Waals surface area contributed by atoms with Crippen molar-refractivity contribution in [2.75, 3.05) is 23.0 Å². The average molecular weight is 410 g/mol. The first-order valence-electron chi connectivity index (χ1n) is 8.16. The molecule has 27 heavy (non-hydrogen) atoms. The number of carbonyl (C=O) groups is 1. The zero-order valence-corrected chi connectivity index (χ0v) is 15.4. The van der Waals surface area contributed by atoms with Crippen LogP contribution < -0.4 is 14.5 Å². The minimum atomic E-state index is -0.434. The van der Waals surface area contributed by atoms with Crippen LogP contribution in [0.3, 0.4) is 0 Å². The van der Waals surface area contributed by atoms with Gasteiger partial charge in [-0.2, -0.15) is 0 Å². The van der Waals surface area contributed by atoms with Crippen molar-refractivity contribution in [3.05, 3.63) is 65.4 Å². The number of hydrogen-bond donors (Lipinski definition) is 0. The Morgan fingerprint density at radius 2 is 1.78 bits per heavy atom. The van der Waals surface area contributed by atoms with Crippen LogP contribution in [-0.2, 0) is 4.79 Å². The summed E-state index contributed by atoms with van der Waals surface area (Å²) in [5, 5.41) is 0. The number of carbonyl (C=O) groups excluding carboxylic acids is 1. The van der Waals surface area contributed by atoms with Gasteiger partial charge < -0.3 is 9.64 Å². The van der Waals surface area contributed by atoms with Crippen molar-refractivity contribution in [3.8, 4) is 5.75 Å². The van der Waals surface area contributed by atoms with E-state index in [9.17, 15) is 9.18 Å². The van der Waals surface area contributed by atoms with Crippen molar-refractivity contribution < 1.29 is 13.9 Å². The molecule has 0 aromatic heterocycles. The number of amides is 1. The molecule has 0 saturated carbocycles. The Kier molecular flexibility index (Phi) is 6.60. The van der Waals surface area contributed by atoms with E-state index < -0.39 is 6.67 Å². The molecule has 0 atom stereocenters. The van der Waals surface area contributed by atoms with E-state index in [0.29, 0.717) is 33.8 Å². The van der Waals surface area contributed by atoms with Crippen molar-refractivity contribution >= 4 is 75.1 Å². The van der Waals surface area contributed by atoms with Crippen LogP contribution in [-0.4, -0.2) is 53.0 Å². The summed E-state index contributed by atoms with van der Waals surface area (Å²) in [6.45, 7) is -0.00475. The Morgan fingerprint density at radius 3 is 2.52 bits per heavy atom. The van der Waals surface area contributed by atoms with E-state index in [0.717, 1.165) is 11.4 Å². The monoisotopic (exact) mass is 410 g/mol. The fourth-order valence-corrected chi connectivity index (χ4v) is 4.25. The van der Waals surface area contributed by atoms with E-state index in [1.807, 2.05) is 59.5 Å². The first-order chi connectivity index (χ1) is 12.7. The molecule has 0 N–H and O–H groups in total. The summed E-state index contributed by atoms with van der Waals surface area (Å²) < 4.78 is 19.2. The van der Waals surface area contributed by atoms with Crippen LogP contribution >= 0.6 is 24.0 Å².